The van der Waals surface area contributed by atoms with Gasteiger partial charge in [0.05, 0.1) is 17.7 Å². The molecule has 1 aliphatic heterocycles. The minimum atomic E-state index is -0.0208. The van der Waals surface area contributed by atoms with E-state index in [0.29, 0.717) is 0 Å². The zero-order valence-corrected chi connectivity index (χ0v) is 14.5. The summed E-state index contributed by atoms with van der Waals surface area (Å²) in [5, 5.41) is 11.8. The maximum Gasteiger partial charge on any atom is 0.136 e. The van der Waals surface area contributed by atoms with Crippen LogP contribution in [-0.2, 0) is 19.8 Å². The summed E-state index contributed by atoms with van der Waals surface area (Å²) >= 11 is 1.83. The minimum Gasteiger partial charge on any atom is -0.388 e. The average Bonchev–Trinajstić information content (AvgIpc) is 3.24. The number of hydrogen-bond donors (Lipinski definition) is 1. The number of rotatable bonds is 5. The number of aliphatic hydroxyl groups excluding tert-OH is 1. The van der Waals surface area contributed by atoms with E-state index in [1.165, 1.54) is 4.88 Å². The number of para-hydroxylation sites is 2. The maximum absolute atomic E-state index is 9.63. The number of aromatic nitrogens is 2. The summed E-state index contributed by atoms with van der Waals surface area (Å²) in [5.74, 6) is 0.747. The van der Waals surface area contributed by atoms with Crippen molar-refractivity contribution in [3.05, 3.63) is 52.5 Å². The van der Waals surface area contributed by atoms with Gasteiger partial charge in [-0.15, -0.1) is 11.3 Å². The molecule has 0 amide bonds. The Morgan fingerprint density at radius 1 is 1.00 bits per heavy atom. The zero-order chi connectivity index (χ0) is 16.4. The van der Waals surface area contributed by atoms with E-state index in [1.54, 1.807) is 0 Å². The highest BCUT2D eigenvalue weighted by molar-refractivity contribution is 7.09. The molecule has 0 unspecified atom stereocenters. The van der Waals surface area contributed by atoms with Crippen LogP contribution in [0.4, 0.5) is 0 Å². The van der Waals surface area contributed by atoms with Crippen LogP contribution in [0.25, 0.3) is 11.0 Å². The number of hydrogen-bond acceptors (Lipinski definition) is 5. The monoisotopic (exact) mass is 342 g/mol. The highest BCUT2D eigenvalue weighted by atomic mass is 32.1. The third-order valence-corrected chi connectivity index (χ3v) is 5.50. The predicted octanol–water partition coefficient (Wildman–Crippen LogP) is 2.37. The summed E-state index contributed by atoms with van der Waals surface area (Å²) in [7, 11) is 0. The number of benzene rings is 1. The number of thiophene rings is 1. The Hall–Kier alpha value is -1.73. The summed E-state index contributed by atoms with van der Waals surface area (Å²) in [6.45, 7) is 6.08. The van der Waals surface area contributed by atoms with Gasteiger partial charge in [-0.05, 0) is 23.6 Å². The molecule has 0 spiro atoms. The Labute approximate surface area is 145 Å². The van der Waals surface area contributed by atoms with Crippen LogP contribution in [0.2, 0.25) is 0 Å². The Morgan fingerprint density at radius 3 is 2.54 bits per heavy atom. The second-order valence-electron chi connectivity index (χ2n) is 6.22. The van der Waals surface area contributed by atoms with Crippen LogP contribution in [-0.4, -0.2) is 50.6 Å². The van der Waals surface area contributed by atoms with Gasteiger partial charge in [0.15, 0.2) is 0 Å². The second kappa shape index (κ2) is 7.03. The van der Waals surface area contributed by atoms with E-state index in [0.717, 1.165) is 56.3 Å². The van der Waals surface area contributed by atoms with Crippen molar-refractivity contribution in [2.24, 2.45) is 0 Å². The first-order valence-corrected chi connectivity index (χ1v) is 9.23. The number of piperazine rings is 1. The van der Waals surface area contributed by atoms with Gasteiger partial charge in [-0.1, -0.05) is 18.2 Å². The smallest absolute Gasteiger partial charge is 0.136 e. The van der Waals surface area contributed by atoms with Crippen molar-refractivity contribution in [1.82, 2.24) is 19.4 Å². The molecule has 0 atom stereocenters. The third-order valence-electron chi connectivity index (χ3n) is 4.64. The van der Waals surface area contributed by atoms with Crippen LogP contribution in [0.3, 0.4) is 0 Å². The van der Waals surface area contributed by atoms with Crippen LogP contribution >= 0.6 is 11.3 Å². The highest BCUT2D eigenvalue weighted by Gasteiger charge is 2.19. The van der Waals surface area contributed by atoms with Gasteiger partial charge in [-0.2, -0.15) is 0 Å². The van der Waals surface area contributed by atoms with E-state index >= 15 is 0 Å². The van der Waals surface area contributed by atoms with Crippen molar-refractivity contribution >= 4 is 22.4 Å². The molecule has 1 aliphatic rings. The van der Waals surface area contributed by atoms with E-state index in [4.69, 9.17) is 0 Å². The molecule has 4 rings (SSSR count). The van der Waals surface area contributed by atoms with Gasteiger partial charge in [0.2, 0.25) is 0 Å². The van der Waals surface area contributed by atoms with Gasteiger partial charge >= 0.3 is 0 Å². The third kappa shape index (κ3) is 3.23. The van der Waals surface area contributed by atoms with Crippen LogP contribution in [0, 0.1) is 0 Å². The molecule has 6 heteroatoms. The number of fused-ring (bicyclic) bond motifs is 1. The van der Waals surface area contributed by atoms with Crippen molar-refractivity contribution in [2.75, 3.05) is 26.2 Å². The van der Waals surface area contributed by atoms with Crippen molar-refractivity contribution in [2.45, 2.75) is 19.8 Å². The normalized spacial score (nSPS) is 16.9. The van der Waals surface area contributed by atoms with Crippen LogP contribution < -0.4 is 0 Å². The summed E-state index contributed by atoms with van der Waals surface area (Å²) in [4.78, 5) is 10.9. The van der Waals surface area contributed by atoms with Crippen LogP contribution in [0.15, 0.2) is 41.8 Å². The summed E-state index contributed by atoms with van der Waals surface area (Å²) in [6, 6.07) is 12.4. The Bertz CT molecular complexity index is 791. The fourth-order valence-corrected chi connectivity index (χ4v) is 4.06. The van der Waals surface area contributed by atoms with Gasteiger partial charge in [0, 0.05) is 37.6 Å². The molecule has 0 bridgehead atoms. The van der Waals surface area contributed by atoms with E-state index in [-0.39, 0.29) is 6.61 Å². The number of imidazole rings is 1. The minimum absolute atomic E-state index is 0.0208. The zero-order valence-electron chi connectivity index (χ0n) is 13.6. The standard InChI is InChI=1S/C18H22N4OS/c23-13-18-19-16-5-1-2-6-17(16)22(18)14-21-9-7-20(8-10-21)12-15-4-3-11-24-15/h1-6,11,23H,7-10,12-14H2. The lowest BCUT2D eigenvalue weighted by molar-refractivity contribution is 0.102. The first-order valence-electron chi connectivity index (χ1n) is 8.35. The summed E-state index contributed by atoms with van der Waals surface area (Å²) < 4.78 is 2.14. The van der Waals surface area contributed by atoms with Gasteiger partial charge < -0.3 is 9.67 Å². The van der Waals surface area contributed by atoms with Crippen LogP contribution in [0.1, 0.15) is 10.7 Å². The Balaban J connectivity index is 1.42. The molecule has 2 aromatic heterocycles. The molecule has 126 valence electrons. The molecule has 24 heavy (non-hydrogen) atoms. The van der Waals surface area contributed by atoms with Crippen molar-refractivity contribution in [1.29, 1.82) is 0 Å². The first kappa shape index (κ1) is 15.8. The number of aliphatic hydroxyl groups is 1. The van der Waals surface area contributed by atoms with E-state index < -0.39 is 0 Å². The average molecular weight is 342 g/mol. The maximum atomic E-state index is 9.63. The molecule has 5 nitrogen and oxygen atoms in total. The quantitative estimate of drug-likeness (QED) is 0.773. The topological polar surface area (TPSA) is 44.5 Å². The molecule has 1 saturated heterocycles. The molecule has 1 aromatic carbocycles. The molecular formula is C18H22N4OS. The van der Waals surface area contributed by atoms with Gasteiger partial charge in [0.25, 0.3) is 0 Å². The molecule has 0 radical (unpaired) electrons. The first-order chi connectivity index (χ1) is 11.8. The van der Waals surface area contributed by atoms with Gasteiger partial charge in [-0.25, -0.2) is 4.98 Å². The van der Waals surface area contributed by atoms with Crippen molar-refractivity contribution in [3.8, 4) is 0 Å². The lowest BCUT2D eigenvalue weighted by atomic mass is 10.3. The fourth-order valence-electron chi connectivity index (χ4n) is 3.32. The summed E-state index contributed by atoms with van der Waals surface area (Å²) in [6.07, 6.45) is 0. The van der Waals surface area contributed by atoms with E-state index in [1.807, 2.05) is 29.5 Å². The van der Waals surface area contributed by atoms with E-state index in [9.17, 15) is 5.11 Å². The molecule has 3 aromatic rings. The Morgan fingerprint density at radius 2 is 1.79 bits per heavy atom. The lowest BCUT2D eigenvalue weighted by Gasteiger charge is -2.34. The van der Waals surface area contributed by atoms with Gasteiger partial charge in [0.1, 0.15) is 12.4 Å². The molecular weight excluding hydrogens is 320 g/mol. The lowest BCUT2D eigenvalue weighted by Crippen LogP contribution is -2.46. The van der Waals surface area contributed by atoms with Gasteiger partial charge in [-0.3, -0.25) is 9.80 Å². The molecule has 3 heterocycles. The summed E-state index contributed by atoms with van der Waals surface area (Å²) in [5.41, 5.74) is 2.06. The fraction of sp³-hybridized carbons (Fsp3) is 0.389. The molecule has 0 saturated carbocycles. The predicted molar refractivity (Wildman–Crippen MR) is 96.8 cm³/mol. The second-order valence-corrected chi connectivity index (χ2v) is 7.25. The molecule has 1 fully saturated rings. The van der Waals surface area contributed by atoms with Crippen LogP contribution in [0.5, 0.6) is 0 Å². The van der Waals surface area contributed by atoms with Crippen molar-refractivity contribution in [3.63, 3.8) is 0 Å². The molecule has 0 aliphatic carbocycles. The SMILES string of the molecule is OCc1nc2ccccc2n1CN1CCN(Cc2cccs2)CC1. The molecule has 1 N–H and O–H groups in total. The largest absolute Gasteiger partial charge is 0.388 e. The highest BCUT2D eigenvalue weighted by Crippen LogP contribution is 2.18. The van der Waals surface area contributed by atoms with Crippen molar-refractivity contribution < 1.29 is 5.11 Å². The van der Waals surface area contributed by atoms with E-state index in [2.05, 4.69) is 42.9 Å². The number of nitrogens with zero attached hydrogens (tertiary/aromatic N) is 4. The Kier molecular flexibility index (Phi) is 4.62.